The fourth-order valence-corrected chi connectivity index (χ4v) is 3.07. The van der Waals surface area contributed by atoms with Gasteiger partial charge in [-0.2, -0.15) is 0 Å². The lowest BCUT2D eigenvalue weighted by atomic mass is 10.1. The van der Waals surface area contributed by atoms with Crippen LogP contribution in [0.5, 0.6) is 0 Å². The van der Waals surface area contributed by atoms with E-state index in [0.29, 0.717) is 13.1 Å². The summed E-state index contributed by atoms with van der Waals surface area (Å²) in [6.45, 7) is 11.0. The Bertz CT molecular complexity index is 665. The van der Waals surface area contributed by atoms with Crippen molar-refractivity contribution in [1.82, 2.24) is 10.2 Å². The first-order chi connectivity index (χ1) is 12.7. The second kappa shape index (κ2) is 10.7. The Morgan fingerprint density at radius 1 is 1.00 bits per heavy atom. The van der Waals surface area contributed by atoms with Crippen molar-refractivity contribution >= 4 is 23.4 Å². The fourth-order valence-electron chi connectivity index (χ4n) is 3.07. The maximum atomic E-state index is 12.4. The molecule has 3 N–H and O–H groups in total. The highest BCUT2D eigenvalue weighted by molar-refractivity contribution is 5.93. The highest BCUT2D eigenvalue weighted by Gasteiger charge is 2.21. The summed E-state index contributed by atoms with van der Waals surface area (Å²) in [5.41, 5.74) is 4.03. The first-order valence-corrected chi connectivity index (χ1v) is 9.41. The van der Waals surface area contributed by atoms with Crippen LogP contribution < -0.4 is 15.5 Å². The Morgan fingerprint density at radius 3 is 2.11 bits per heavy atom. The van der Waals surface area contributed by atoms with E-state index in [9.17, 15) is 14.4 Å². The molecule has 0 radical (unpaired) electrons. The van der Waals surface area contributed by atoms with Gasteiger partial charge >= 0.3 is 0 Å². The van der Waals surface area contributed by atoms with E-state index in [0.717, 1.165) is 27.3 Å². The van der Waals surface area contributed by atoms with Crippen LogP contribution in [0.1, 0.15) is 30.5 Å². The summed E-state index contributed by atoms with van der Waals surface area (Å²) in [4.78, 5) is 38.7. The Morgan fingerprint density at radius 2 is 1.59 bits per heavy atom. The van der Waals surface area contributed by atoms with Crippen LogP contribution in [-0.2, 0) is 14.4 Å². The van der Waals surface area contributed by atoms with Crippen LogP contribution in [0, 0.1) is 20.8 Å². The molecule has 1 rings (SSSR count). The summed E-state index contributed by atoms with van der Waals surface area (Å²) >= 11 is 0. The predicted octanol–water partition coefficient (Wildman–Crippen LogP) is 0.0497. The van der Waals surface area contributed by atoms with Gasteiger partial charge in [-0.05, 0) is 45.7 Å². The highest BCUT2D eigenvalue weighted by atomic mass is 16.2. The summed E-state index contributed by atoms with van der Waals surface area (Å²) < 4.78 is 0. The average molecular weight is 378 g/mol. The average Bonchev–Trinajstić information content (AvgIpc) is 2.55. The van der Waals surface area contributed by atoms with Crippen LogP contribution in [-0.4, -0.2) is 62.4 Å². The van der Waals surface area contributed by atoms with Crippen molar-refractivity contribution in [3.8, 4) is 0 Å². The van der Waals surface area contributed by atoms with Crippen LogP contribution in [0.2, 0.25) is 0 Å². The van der Waals surface area contributed by atoms with Gasteiger partial charge in [-0.1, -0.05) is 17.7 Å². The van der Waals surface area contributed by atoms with E-state index >= 15 is 0 Å². The summed E-state index contributed by atoms with van der Waals surface area (Å²) in [5.74, 6) is -0.452. The fraction of sp³-hybridized carbons (Fsp3) is 0.550. The van der Waals surface area contributed by atoms with Crippen molar-refractivity contribution in [2.24, 2.45) is 0 Å². The maximum absolute atomic E-state index is 12.4. The molecular formula is C20H33N4O3+. The second-order valence-electron chi connectivity index (χ2n) is 6.99. The normalized spacial score (nSPS) is 11.6. The van der Waals surface area contributed by atoms with Crippen molar-refractivity contribution in [1.29, 1.82) is 0 Å². The van der Waals surface area contributed by atoms with Crippen molar-refractivity contribution in [3.05, 3.63) is 28.8 Å². The number of hydrogen-bond acceptors (Lipinski definition) is 3. The molecule has 0 saturated carbocycles. The van der Waals surface area contributed by atoms with Crippen LogP contribution in [0.15, 0.2) is 12.1 Å². The first kappa shape index (κ1) is 22.6. The molecule has 150 valence electrons. The molecule has 7 nitrogen and oxygen atoms in total. The van der Waals surface area contributed by atoms with Gasteiger partial charge in [0.15, 0.2) is 13.1 Å². The van der Waals surface area contributed by atoms with Gasteiger partial charge in [0.2, 0.25) is 5.91 Å². The van der Waals surface area contributed by atoms with Gasteiger partial charge in [0.05, 0.1) is 13.6 Å². The summed E-state index contributed by atoms with van der Waals surface area (Å²) in [6, 6.07) is 4.06. The molecule has 1 aromatic carbocycles. The Balaban J connectivity index is 2.60. The van der Waals surface area contributed by atoms with Gasteiger partial charge in [-0.25, -0.2) is 0 Å². The molecule has 0 spiro atoms. The largest absolute Gasteiger partial charge is 0.355 e. The molecular weight excluding hydrogens is 344 g/mol. The molecule has 1 unspecified atom stereocenters. The molecule has 0 heterocycles. The number of benzene rings is 1. The standard InChI is InChI=1S/C20H32N4O3/c1-7-21-17(25)12-24(8-2)19(27)13-23(6)11-18(26)22-20-15(4)9-14(3)10-16(20)5/h9-10H,7-8,11-13H2,1-6H3,(H,21,25)(H,22,26)/p+1. The van der Waals surface area contributed by atoms with Crippen LogP contribution in [0.4, 0.5) is 5.69 Å². The lowest BCUT2D eigenvalue weighted by Crippen LogP contribution is -3.11. The van der Waals surface area contributed by atoms with Gasteiger partial charge in [0.1, 0.15) is 0 Å². The zero-order valence-corrected chi connectivity index (χ0v) is 17.4. The lowest BCUT2D eigenvalue weighted by molar-refractivity contribution is -0.862. The number of hydrogen-bond donors (Lipinski definition) is 3. The third-order valence-corrected chi connectivity index (χ3v) is 4.30. The van der Waals surface area contributed by atoms with Gasteiger partial charge < -0.3 is 20.4 Å². The van der Waals surface area contributed by atoms with Gasteiger partial charge in [0.25, 0.3) is 11.8 Å². The first-order valence-electron chi connectivity index (χ1n) is 9.41. The highest BCUT2D eigenvalue weighted by Crippen LogP contribution is 2.21. The molecule has 0 aliphatic heterocycles. The van der Waals surface area contributed by atoms with Crippen molar-refractivity contribution < 1.29 is 19.3 Å². The summed E-state index contributed by atoms with van der Waals surface area (Å²) in [6.07, 6.45) is 0. The van der Waals surface area contributed by atoms with E-state index in [1.54, 1.807) is 7.05 Å². The van der Waals surface area contributed by atoms with Gasteiger partial charge in [-0.3, -0.25) is 14.4 Å². The van der Waals surface area contributed by atoms with E-state index in [1.165, 1.54) is 4.90 Å². The zero-order chi connectivity index (χ0) is 20.6. The number of carbonyl (C=O) groups is 3. The molecule has 0 aromatic heterocycles. The van der Waals surface area contributed by atoms with Crippen molar-refractivity contribution in [2.75, 3.05) is 45.1 Å². The summed E-state index contributed by atoms with van der Waals surface area (Å²) in [7, 11) is 1.80. The Kier molecular flexibility index (Phi) is 8.94. The SMILES string of the molecule is CCNC(=O)CN(CC)C(=O)C[NH+](C)CC(=O)Nc1c(C)cc(C)cc1C. The number of rotatable bonds is 9. The van der Waals surface area contributed by atoms with Gasteiger partial charge in [-0.15, -0.1) is 0 Å². The number of amides is 3. The summed E-state index contributed by atoms with van der Waals surface area (Å²) in [5, 5.41) is 5.64. The molecule has 0 fully saturated rings. The van der Waals surface area contributed by atoms with E-state index in [4.69, 9.17) is 0 Å². The van der Waals surface area contributed by atoms with Crippen molar-refractivity contribution in [2.45, 2.75) is 34.6 Å². The molecule has 0 saturated heterocycles. The Labute approximate surface area is 162 Å². The van der Waals surface area contributed by atoms with Gasteiger partial charge in [0, 0.05) is 18.8 Å². The topological polar surface area (TPSA) is 83.0 Å². The molecule has 7 heteroatoms. The van der Waals surface area contributed by atoms with Crippen LogP contribution in [0.25, 0.3) is 0 Å². The van der Waals surface area contributed by atoms with Crippen LogP contribution in [0.3, 0.4) is 0 Å². The molecule has 1 atom stereocenters. The third-order valence-electron chi connectivity index (χ3n) is 4.30. The lowest BCUT2D eigenvalue weighted by Gasteiger charge is -2.22. The number of nitrogens with zero attached hydrogens (tertiary/aromatic N) is 1. The Hall–Kier alpha value is -2.41. The monoisotopic (exact) mass is 377 g/mol. The smallest absolute Gasteiger partial charge is 0.279 e. The number of aryl methyl sites for hydroxylation is 3. The maximum Gasteiger partial charge on any atom is 0.279 e. The molecule has 0 bridgehead atoms. The minimum absolute atomic E-state index is 0.0460. The number of likely N-dealkylation sites (N-methyl/N-ethyl adjacent to an activating group) is 3. The zero-order valence-electron chi connectivity index (χ0n) is 17.4. The number of anilines is 1. The molecule has 0 aliphatic carbocycles. The molecule has 3 amide bonds. The number of quaternary nitrogens is 1. The van der Waals surface area contributed by atoms with E-state index < -0.39 is 0 Å². The second-order valence-corrected chi connectivity index (χ2v) is 6.99. The van der Waals surface area contributed by atoms with E-state index in [1.807, 2.05) is 46.8 Å². The predicted molar refractivity (Wildman–Crippen MR) is 107 cm³/mol. The minimum atomic E-state index is -0.173. The third kappa shape index (κ3) is 7.38. The van der Waals surface area contributed by atoms with E-state index in [-0.39, 0.29) is 37.4 Å². The van der Waals surface area contributed by atoms with E-state index in [2.05, 4.69) is 10.6 Å². The number of carbonyl (C=O) groups excluding carboxylic acids is 3. The number of nitrogens with one attached hydrogen (secondary N) is 3. The van der Waals surface area contributed by atoms with Crippen molar-refractivity contribution in [3.63, 3.8) is 0 Å². The van der Waals surface area contributed by atoms with Crippen LogP contribution >= 0.6 is 0 Å². The molecule has 0 aliphatic rings. The minimum Gasteiger partial charge on any atom is -0.355 e. The molecule has 27 heavy (non-hydrogen) atoms. The quantitative estimate of drug-likeness (QED) is 0.569. The molecule has 1 aromatic rings.